The third-order valence-corrected chi connectivity index (χ3v) is 5.65. The Bertz CT molecular complexity index is 1000. The number of hydrogen-bond acceptors (Lipinski definition) is 5. The zero-order valence-electron chi connectivity index (χ0n) is 17.5. The zero-order chi connectivity index (χ0) is 22.5. The molecule has 3 rings (SSSR count). The van der Waals surface area contributed by atoms with Gasteiger partial charge in [0, 0.05) is 43.1 Å². The molecule has 164 valence electrons. The number of nitrogens with zero attached hydrogens (tertiary/aromatic N) is 2. The molecule has 0 atom stereocenters. The van der Waals surface area contributed by atoms with Gasteiger partial charge in [0.25, 0.3) is 17.5 Å². The molecule has 31 heavy (non-hydrogen) atoms. The summed E-state index contributed by atoms with van der Waals surface area (Å²) in [6, 6.07) is 9.08. The quantitative estimate of drug-likeness (QED) is 0.499. The van der Waals surface area contributed by atoms with Crippen molar-refractivity contribution in [2.75, 3.05) is 24.3 Å². The summed E-state index contributed by atoms with van der Waals surface area (Å²) in [6.45, 7) is 0. The maximum Gasteiger partial charge on any atom is 0.288 e. The SMILES string of the molecule is CN(C)c1ccc(NC(=O)c2ccc(Cl)c([N+](=O)[O-])c2)cc1C(=O)NC1CCCCC1. The van der Waals surface area contributed by atoms with Crippen LogP contribution >= 0.6 is 11.6 Å². The predicted octanol–water partition coefficient (Wildman–Crippen LogP) is 4.63. The molecule has 2 amide bonds. The maximum absolute atomic E-state index is 13.0. The molecular formula is C22H25ClN4O4. The van der Waals surface area contributed by atoms with Gasteiger partial charge < -0.3 is 15.5 Å². The Hall–Kier alpha value is -3.13. The third-order valence-electron chi connectivity index (χ3n) is 5.33. The summed E-state index contributed by atoms with van der Waals surface area (Å²) in [4.78, 5) is 37.9. The van der Waals surface area contributed by atoms with Crippen molar-refractivity contribution in [3.63, 3.8) is 0 Å². The smallest absolute Gasteiger partial charge is 0.288 e. The Labute approximate surface area is 185 Å². The molecule has 1 saturated carbocycles. The average Bonchev–Trinajstić information content (AvgIpc) is 2.74. The van der Waals surface area contributed by atoms with Crippen LogP contribution in [0.15, 0.2) is 36.4 Å². The second-order valence-corrected chi connectivity index (χ2v) is 8.22. The second kappa shape index (κ2) is 9.78. The van der Waals surface area contributed by atoms with Gasteiger partial charge in [0.15, 0.2) is 0 Å². The minimum Gasteiger partial charge on any atom is -0.377 e. The summed E-state index contributed by atoms with van der Waals surface area (Å²) < 4.78 is 0. The van der Waals surface area contributed by atoms with Crippen LogP contribution in [-0.2, 0) is 0 Å². The van der Waals surface area contributed by atoms with Gasteiger partial charge in [0.2, 0.25) is 0 Å². The predicted molar refractivity (Wildman–Crippen MR) is 121 cm³/mol. The van der Waals surface area contributed by atoms with E-state index in [-0.39, 0.29) is 28.2 Å². The molecule has 2 aromatic rings. The lowest BCUT2D eigenvalue weighted by Crippen LogP contribution is -2.36. The molecule has 0 unspecified atom stereocenters. The average molecular weight is 445 g/mol. The van der Waals surface area contributed by atoms with E-state index in [0.717, 1.165) is 37.4 Å². The molecule has 0 aromatic heterocycles. The number of halogens is 1. The molecule has 0 radical (unpaired) electrons. The highest BCUT2D eigenvalue weighted by atomic mass is 35.5. The first kappa shape index (κ1) is 22.6. The lowest BCUT2D eigenvalue weighted by Gasteiger charge is -2.24. The van der Waals surface area contributed by atoms with Crippen molar-refractivity contribution in [1.82, 2.24) is 5.32 Å². The summed E-state index contributed by atoms with van der Waals surface area (Å²) in [5.41, 5.74) is 1.36. The lowest BCUT2D eigenvalue weighted by atomic mass is 9.95. The number of nitrogens with one attached hydrogen (secondary N) is 2. The van der Waals surface area contributed by atoms with Crippen LogP contribution in [0.3, 0.4) is 0 Å². The van der Waals surface area contributed by atoms with E-state index in [1.807, 2.05) is 19.0 Å². The number of hydrogen-bond donors (Lipinski definition) is 2. The van der Waals surface area contributed by atoms with Gasteiger partial charge in [-0.25, -0.2) is 0 Å². The van der Waals surface area contributed by atoms with E-state index >= 15 is 0 Å². The molecule has 2 aromatic carbocycles. The van der Waals surface area contributed by atoms with Crippen molar-refractivity contribution in [1.29, 1.82) is 0 Å². The Kier molecular flexibility index (Phi) is 7.12. The topological polar surface area (TPSA) is 105 Å². The van der Waals surface area contributed by atoms with E-state index in [9.17, 15) is 19.7 Å². The fourth-order valence-corrected chi connectivity index (χ4v) is 3.88. The first-order chi connectivity index (χ1) is 14.8. The van der Waals surface area contributed by atoms with Crippen molar-refractivity contribution >= 4 is 40.5 Å². The number of benzene rings is 2. The van der Waals surface area contributed by atoms with Crippen LogP contribution in [-0.4, -0.2) is 36.9 Å². The van der Waals surface area contributed by atoms with E-state index < -0.39 is 10.8 Å². The largest absolute Gasteiger partial charge is 0.377 e. The molecule has 2 N–H and O–H groups in total. The van der Waals surface area contributed by atoms with Crippen molar-refractivity contribution in [2.24, 2.45) is 0 Å². The number of carbonyl (C=O) groups excluding carboxylic acids is 2. The highest BCUT2D eigenvalue weighted by molar-refractivity contribution is 6.32. The van der Waals surface area contributed by atoms with Crippen LogP contribution in [0.2, 0.25) is 5.02 Å². The summed E-state index contributed by atoms with van der Waals surface area (Å²) >= 11 is 5.82. The van der Waals surface area contributed by atoms with Crippen LogP contribution in [0.1, 0.15) is 52.8 Å². The van der Waals surface area contributed by atoms with Gasteiger partial charge >= 0.3 is 0 Å². The van der Waals surface area contributed by atoms with Gasteiger partial charge in [-0.3, -0.25) is 19.7 Å². The Morgan fingerprint density at radius 3 is 2.42 bits per heavy atom. The van der Waals surface area contributed by atoms with Gasteiger partial charge in [-0.1, -0.05) is 30.9 Å². The van der Waals surface area contributed by atoms with Crippen LogP contribution in [0, 0.1) is 10.1 Å². The number of nitro groups is 1. The molecule has 9 heteroatoms. The Balaban J connectivity index is 1.82. The van der Waals surface area contributed by atoms with Gasteiger partial charge in [-0.2, -0.15) is 0 Å². The maximum atomic E-state index is 13.0. The van der Waals surface area contributed by atoms with Crippen molar-refractivity contribution in [3.05, 3.63) is 62.7 Å². The van der Waals surface area contributed by atoms with Crippen molar-refractivity contribution < 1.29 is 14.5 Å². The normalized spacial score (nSPS) is 14.0. The van der Waals surface area contributed by atoms with Crippen LogP contribution in [0.25, 0.3) is 0 Å². The molecule has 1 aliphatic rings. The number of carbonyl (C=O) groups is 2. The fourth-order valence-electron chi connectivity index (χ4n) is 3.69. The summed E-state index contributed by atoms with van der Waals surface area (Å²) in [7, 11) is 3.69. The highest BCUT2D eigenvalue weighted by Crippen LogP contribution is 2.27. The molecule has 0 heterocycles. The summed E-state index contributed by atoms with van der Waals surface area (Å²) in [5, 5.41) is 16.8. The standard InChI is InChI=1S/C22H25ClN4O4/c1-26(2)19-11-9-16(13-17(19)22(29)24-15-6-4-3-5-7-15)25-21(28)14-8-10-18(23)20(12-14)27(30)31/h8-13,15H,3-7H2,1-2H3,(H,24,29)(H,25,28). The van der Waals surface area contributed by atoms with Gasteiger partial charge in [-0.05, 0) is 43.2 Å². The molecule has 0 saturated heterocycles. The van der Waals surface area contributed by atoms with Crippen molar-refractivity contribution in [3.8, 4) is 0 Å². The van der Waals surface area contributed by atoms with Crippen molar-refractivity contribution in [2.45, 2.75) is 38.1 Å². The molecule has 0 bridgehead atoms. The Morgan fingerprint density at radius 2 is 1.77 bits per heavy atom. The van der Waals surface area contributed by atoms with E-state index in [0.29, 0.717) is 11.3 Å². The summed E-state index contributed by atoms with van der Waals surface area (Å²) in [6.07, 6.45) is 5.34. The van der Waals surface area contributed by atoms with Crippen LogP contribution < -0.4 is 15.5 Å². The van der Waals surface area contributed by atoms with Crippen LogP contribution in [0.5, 0.6) is 0 Å². The van der Waals surface area contributed by atoms with Gasteiger partial charge in [0.1, 0.15) is 5.02 Å². The monoisotopic (exact) mass is 444 g/mol. The molecule has 0 spiro atoms. The first-order valence-electron chi connectivity index (χ1n) is 10.1. The first-order valence-corrected chi connectivity index (χ1v) is 10.5. The minimum absolute atomic E-state index is 0.0430. The Morgan fingerprint density at radius 1 is 1.06 bits per heavy atom. The fraction of sp³-hybridized carbons (Fsp3) is 0.364. The number of rotatable bonds is 6. The highest BCUT2D eigenvalue weighted by Gasteiger charge is 2.21. The zero-order valence-corrected chi connectivity index (χ0v) is 18.2. The molecular weight excluding hydrogens is 420 g/mol. The van der Waals surface area contributed by atoms with Gasteiger partial charge in [-0.15, -0.1) is 0 Å². The van der Waals surface area contributed by atoms with E-state index in [2.05, 4.69) is 10.6 Å². The van der Waals surface area contributed by atoms with E-state index in [1.165, 1.54) is 18.6 Å². The third kappa shape index (κ3) is 5.52. The lowest BCUT2D eigenvalue weighted by molar-refractivity contribution is -0.384. The molecule has 8 nitrogen and oxygen atoms in total. The second-order valence-electron chi connectivity index (χ2n) is 7.81. The van der Waals surface area contributed by atoms with Gasteiger partial charge in [0.05, 0.1) is 10.5 Å². The molecule has 0 aliphatic heterocycles. The van der Waals surface area contributed by atoms with E-state index in [4.69, 9.17) is 11.6 Å². The minimum atomic E-state index is -0.640. The van der Waals surface area contributed by atoms with E-state index in [1.54, 1.807) is 18.2 Å². The molecule has 1 aliphatic carbocycles. The number of amides is 2. The number of nitro benzene ring substituents is 1. The van der Waals surface area contributed by atoms with Crippen LogP contribution in [0.4, 0.5) is 17.1 Å². The summed E-state index contributed by atoms with van der Waals surface area (Å²) in [5.74, 6) is -0.718. The number of anilines is 2. The molecule has 1 fully saturated rings.